The Hall–Kier alpha value is -2.16. The Bertz CT molecular complexity index is 636. The van der Waals surface area contributed by atoms with Gasteiger partial charge in [-0.15, -0.1) is 0 Å². The lowest BCUT2D eigenvalue weighted by molar-refractivity contribution is 0.193. The molecule has 1 atom stereocenters. The fourth-order valence-corrected chi connectivity index (χ4v) is 2.99. The summed E-state index contributed by atoms with van der Waals surface area (Å²) >= 11 is 0. The Morgan fingerprint density at radius 1 is 1.18 bits per heavy atom. The van der Waals surface area contributed by atoms with Crippen molar-refractivity contribution in [3.8, 4) is 11.5 Å². The van der Waals surface area contributed by atoms with Crippen LogP contribution in [0.1, 0.15) is 24.5 Å². The van der Waals surface area contributed by atoms with Gasteiger partial charge in [0.05, 0.1) is 12.2 Å². The van der Waals surface area contributed by atoms with Crippen molar-refractivity contribution < 1.29 is 9.84 Å². The highest BCUT2D eigenvalue weighted by atomic mass is 16.5. The first-order valence-electron chi connectivity index (χ1n) is 7.96. The van der Waals surface area contributed by atoms with Crippen LogP contribution in [-0.2, 0) is 6.42 Å². The molecule has 0 radical (unpaired) electrons. The van der Waals surface area contributed by atoms with Gasteiger partial charge in [-0.05, 0) is 31.0 Å². The van der Waals surface area contributed by atoms with Crippen molar-refractivity contribution in [2.45, 2.75) is 32.8 Å². The van der Waals surface area contributed by atoms with Crippen LogP contribution in [0.15, 0.2) is 42.5 Å². The summed E-state index contributed by atoms with van der Waals surface area (Å²) in [6.45, 7) is 6.11. The van der Waals surface area contributed by atoms with Crippen molar-refractivity contribution in [2.24, 2.45) is 0 Å². The maximum absolute atomic E-state index is 9.72. The van der Waals surface area contributed by atoms with E-state index in [1.807, 2.05) is 6.07 Å². The van der Waals surface area contributed by atoms with E-state index in [0.717, 1.165) is 37.4 Å². The van der Waals surface area contributed by atoms with Crippen molar-refractivity contribution in [1.82, 2.24) is 0 Å². The second-order valence-corrected chi connectivity index (χ2v) is 6.03. The second-order valence-electron chi connectivity index (χ2n) is 6.03. The van der Waals surface area contributed by atoms with Crippen molar-refractivity contribution in [2.75, 3.05) is 18.0 Å². The number of ether oxygens (including phenoxy) is 1. The molecule has 116 valence electrons. The highest BCUT2D eigenvalue weighted by Gasteiger charge is 2.25. The number of aromatic hydroxyl groups is 1. The molecule has 0 aliphatic carbocycles. The molecule has 3 heteroatoms. The van der Waals surface area contributed by atoms with Gasteiger partial charge in [0, 0.05) is 19.0 Å². The summed E-state index contributed by atoms with van der Waals surface area (Å²) in [5.41, 5.74) is 3.58. The van der Waals surface area contributed by atoms with E-state index in [0.29, 0.717) is 5.75 Å². The van der Waals surface area contributed by atoms with Crippen molar-refractivity contribution in [3.05, 3.63) is 53.6 Å². The summed E-state index contributed by atoms with van der Waals surface area (Å²) in [5, 5.41) is 9.72. The van der Waals surface area contributed by atoms with Crippen LogP contribution in [0.4, 0.5) is 5.69 Å². The average molecular weight is 297 g/mol. The van der Waals surface area contributed by atoms with Crippen molar-refractivity contribution in [1.29, 1.82) is 0 Å². The van der Waals surface area contributed by atoms with E-state index in [4.69, 9.17) is 4.74 Å². The third-order valence-electron chi connectivity index (χ3n) is 4.08. The number of rotatable bonds is 4. The maximum atomic E-state index is 9.72. The molecule has 1 unspecified atom stereocenters. The van der Waals surface area contributed by atoms with E-state index >= 15 is 0 Å². The van der Waals surface area contributed by atoms with E-state index in [-0.39, 0.29) is 6.10 Å². The maximum Gasteiger partial charge on any atom is 0.143 e. The van der Waals surface area contributed by atoms with Gasteiger partial charge in [-0.25, -0.2) is 0 Å². The van der Waals surface area contributed by atoms with Crippen LogP contribution in [0, 0.1) is 6.92 Å². The molecule has 0 amide bonds. The zero-order valence-corrected chi connectivity index (χ0v) is 13.2. The minimum absolute atomic E-state index is 0.145. The zero-order chi connectivity index (χ0) is 15.5. The van der Waals surface area contributed by atoms with Gasteiger partial charge in [0.2, 0.25) is 0 Å². The lowest BCUT2D eigenvalue weighted by atomic mass is 10.0. The summed E-state index contributed by atoms with van der Waals surface area (Å²) in [6.07, 6.45) is 2.12. The summed E-state index contributed by atoms with van der Waals surface area (Å²) in [7, 11) is 0. The highest BCUT2D eigenvalue weighted by Crippen LogP contribution is 2.36. The zero-order valence-electron chi connectivity index (χ0n) is 13.2. The molecule has 3 nitrogen and oxygen atoms in total. The molecule has 0 saturated carbocycles. The van der Waals surface area contributed by atoms with Crippen LogP contribution < -0.4 is 9.64 Å². The van der Waals surface area contributed by atoms with Gasteiger partial charge < -0.3 is 14.7 Å². The molecular weight excluding hydrogens is 274 g/mol. The Morgan fingerprint density at radius 2 is 1.95 bits per heavy atom. The smallest absolute Gasteiger partial charge is 0.143 e. The van der Waals surface area contributed by atoms with Crippen molar-refractivity contribution in [3.63, 3.8) is 0 Å². The van der Waals surface area contributed by atoms with Gasteiger partial charge in [0.15, 0.2) is 0 Å². The number of phenolic OH excluding ortho intramolecular Hbond substituents is 1. The normalized spacial score (nSPS) is 17.0. The number of anilines is 1. The van der Waals surface area contributed by atoms with Gasteiger partial charge >= 0.3 is 0 Å². The number of fused-ring (bicyclic) bond motifs is 1. The monoisotopic (exact) mass is 297 g/mol. The van der Waals surface area contributed by atoms with Gasteiger partial charge in [0.1, 0.15) is 17.6 Å². The fraction of sp³-hybridized carbons (Fsp3) is 0.368. The van der Waals surface area contributed by atoms with Crippen molar-refractivity contribution >= 4 is 5.69 Å². The van der Waals surface area contributed by atoms with Gasteiger partial charge in [-0.3, -0.25) is 0 Å². The third-order valence-corrected chi connectivity index (χ3v) is 4.08. The van der Waals surface area contributed by atoms with E-state index in [1.54, 1.807) is 12.1 Å². The second kappa shape index (κ2) is 6.30. The molecule has 1 aliphatic heterocycles. The summed E-state index contributed by atoms with van der Waals surface area (Å²) in [6, 6.07) is 14.0. The van der Waals surface area contributed by atoms with E-state index in [1.165, 1.54) is 11.1 Å². The van der Waals surface area contributed by atoms with Crippen LogP contribution in [0.25, 0.3) is 0 Å². The first kappa shape index (κ1) is 14.8. The molecule has 1 aliphatic rings. The summed E-state index contributed by atoms with van der Waals surface area (Å²) in [4.78, 5) is 2.32. The molecule has 2 aromatic carbocycles. The van der Waals surface area contributed by atoms with Crippen LogP contribution in [0.5, 0.6) is 11.5 Å². The fourth-order valence-electron chi connectivity index (χ4n) is 2.99. The lowest BCUT2D eigenvalue weighted by Gasteiger charge is -2.36. The minimum atomic E-state index is 0.145. The first-order valence-corrected chi connectivity index (χ1v) is 7.96. The standard InChI is InChI=1S/C19H23NO2/c1-3-10-20-13-17(11-15-6-4-14(2)5-7-15)22-19-9-8-16(21)12-18(19)20/h4-9,12,17,21H,3,10-11,13H2,1-2H3. The van der Waals surface area contributed by atoms with E-state index in [9.17, 15) is 5.11 Å². The highest BCUT2D eigenvalue weighted by molar-refractivity contribution is 5.63. The van der Waals surface area contributed by atoms with E-state index < -0.39 is 0 Å². The van der Waals surface area contributed by atoms with E-state index in [2.05, 4.69) is 43.0 Å². The number of hydrogen-bond acceptors (Lipinski definition) is 3. The number of phenols is 1. The Balaban J connectivity index is 1.80. The molecule has 22 heavy (non-hydrogen) atoms. The van der Waals surface area contributed by atoms with Crippen LogP contribution in [0.2, 0.25) is 0 Å². The lowest BCUT2D eigenvalue weighted by Crippen LogP contribution is -2.41. The third kappa shape index (κ3) is 3.19. The molecule has 0 saturated heterocycles. The van der Waals surface area contributed by atoms with Gasteiger partial charge in [0.25, 0.3) is 0 Å². The molecule has 3 rings (SSSR count). The number of nitrogens with zero attached hydrogens (tertiary/aromatic N) is 1. The predicted molar refractivity (Wildman–Crippen MR) is 89.9 cm³/mol. The first-order chi connectivity index (χ1) is 10.7. The van der Waals surface area contributed by atoms with Crippen LogP contribution >= 0.6 is 0 Å². The summed E-state index contributed by atoms with van der Waals surface area (Å²) in [5.74, 6) is 1.16. The molecule has 1 heterocycles. The Morgan fingerprint density at radius 3 is 2.68 bits per heavy atom. The number of aryl methyl sites for hydroxylation is 1. The predicted octanol–water partition coefficient (Wildman–Crippen LogP) is 3.92. The molecule has 0 aromatic heterocycles. The molecular formula is C19H23NO2. The van der Waals surface area contributed by atoms with Gasteiger partial charge in [-0.1, -0.05) is 36.8 Å². The van der Waals surface area contributed by atoms with Crippen LogP contribution in [0.3, 0.4) is 0 Å². The van der Waals surface area contributed by atoms with Crippen LogP contribution in [-0.4, -0.2) is 24.3 Å². The molecule has 0 spiro atoms. The quantitative estimate of drug-likeness (QED) is 0.928. The molecule has 0 bridgehead atoms. The molecule has 2 aromatic rings. The topological polar surface area (TPSA) is 32.7 Å². The Labute approximate surface area is 132 Å². The molecule has 0 fully saturated rings. The largest absolute Gasteiger partial charge is 0.508 e. The minimum Gasteiger partial charge on any atom is -0.508 e. The Kier molecular flexibility index (Phi) is 4.23. The summed E-state index contributed by atoms with van der Waals surface area (Å²) < 4.78 is 6.14. The van der Waals surface area contributed by atoms with Gasteiger partial charge in [-0.2, -0.15) is 0 Å². The molecule has 1 N–H and O–H groups in total. The average Bonchev–Trinajstić information content (AvgIpc) is 2.51. The number of benzene rings is 2. The SMILES string of the molecule is CCCN1CC(Cc2ccc(C)cc2)Oc2ccc(O)cc21. The number of hydrogen-bond donors (Lipinski definition) is 1.